The normalized spacial score (nSPS) is 9.17. The molecule has 3 nitrogen and oxygen atoms in total. The lowest BCUT2D eigenvalue weighted by molar-refractivity contribution is 1.04. The number of hydrogen-bond donors (Lipinski definition) is 0. The highest BCUT2D eigenvalue weighted by Crippen LogP contribution is 2.22. The summed E-state index contributed by atoms with van der Waals surface area (Å²) in [5, 5.41) is 3.47. The molecule has 0 unspecified atom stereocenters. The Kier molecular flexibility index (Phi) is 3.59. The van der Waals surface area contributed by atoms with Crippen LogP contribution < -0.4 is 0 Å². The molecule has 62 valence electrons. The zero-order valence-electron chi connectivity index (χ0n) is 6.04. The van der Waals surface area contributed by atoms with Gasteiger partial charge in [0.2, 0.25) is 0 Å². The molecule has 0 aromatic heterocycles. The fourth-order valence-electron chi connectivity index (χ4n) is 0.758. The molecule has 12 heavy (non-hydrogen) atoms. The SMILES string of the molecule is [N-]=[N+]=NCc1ccc(Br)cc1Br. The predicted octanol–water partition coefficient (Wildman–Crippen LogP) is 4.02. The maximum Gasteiger partial charge on any atom is 0.0522 e. The predicted molar refractivity (Wildman–Crippen MR) is 54.7 cm³/mol. The van der Waals surface area contributed by atoms with Crippen LogP contribution in [-0.2, 0) is 6.54 Å². The minimum Gasteiger partial charge on any atom is -0.0892 e. The van der Waals surface area contributed by atoms with Crippen molar-refractivity contribution in [2.45, 2.75) is 6.54 Å². The molecule has 0 amide bonds. The number of benzene rings is 1. The minimum atomic E-state index is 0.379. The summed E-state index contributed by atoms with van der Waals surface area (Å²) in [6.07, 6.45) is 0. The smallest absolute Gasteiger partial charge is 0.0522 e. The van der Waals surface area contributed by atoms with Crippen molar-refractivity contribution in [1.82, 2.24) is 0 Å². The molecule has 0 saturated heterocycles. The standard InChI is InChI=1S/C7H5Br2N3/c8-6-2-1-5(4-11-12-10)7(9)3-6/h1-3H,4H2. The molecule has 0 fully saturated rings. The average molecular weight is 291 g/mol. The molecule has 0 aliphatic carbocycles. The van der Waals surface area contributed by atoms with E-state index in [9.17, 15) is 0 Å². The Bertz CT molecular complexity index is 331. The van der Waals surface area contributed by atoms with Crippen LogP contribution in [0.25, 0.3) is 10.4 Å². The Morgan fingerprint density at radius 3 is 2.75 bits per heavy atom. The molecule has 0 radical (unpaired) electrons. The fourth-order valence-corrected chi connectivity index (χ4v) is 1.93. The van der Waals surface area contributed by atoms with Crippen molar-refractivity contribution in [1.29, 1.82) is 0 Å². The third-order valence-corrected chi connectivity index (χ3v) is 2.55. The zero-order chi connectivity index (χ0) is 8.97. The number of rotatable bonds is 2. The Morgan fingerprint density at radius 2 is 2.17 bits per heavy atom. The third-order valence-electron chi connectivity index (χ3n) is 1.32. The Labute approximate surface area is 86.7 Å². The van der Waals surface area contributed by atoms with Crippen molar-refractivity contribution < 1.29 is 0 Å². The van der Waals surface area contributed by atoms with Gasteiger partial charge in [0.05, 0.1) is 6.54 Å². The first-order valence-electron chi connectivity index (χ1n) is 3.19. The van der Waals surface area contributed by atoms with Crippen LogP contribution in [0.1, 0.15) is 5.56 Å². The van der Waals surface area contributed by atoms with Gasteiger partial charge < -0.3 is 0 Å². The van der Waals surface area contributed by atoms with E-state index in [4.69, 9.17) is 5.53 Å². The lowest BCUT2D eigenvalue weighted by Gasteiger charge is -1.99. The fraction of sp³-hybridized carbons (Fsp3) is 0.143. The van der Waals surface area contributed by atoms with Crippen molar-refractivity contribution in [2.24, 2.45) is 5.11 Å². The maximum absolute atomic E-state index is 8.11. The first kappa shape index (κ1) is 9.58. The van der Waals surface area contributed by atoms with E-state index >= 15 is 0 Å². The van der Waals surface area contributed by atoms with Crippen molar-refractivity contribution in [3.63, 3.8) is 0 Å². The van der Waals surface area contributed by atoms with Gasteiger partial charge in [0, 0.05) is 13.9 Å². The summed E-state index contributed by atoms with van der Waals surface area (Å²) in [6, 6.07) is 5.73. The van der Waals surface area contributed by atoms with Crippen LogP contribution in [0.4, 0.5) is 0 Å². The highest BCUT2D eigenvalue weighted by Gasteiger charge is 1.97. The summed E-state index contributed by atoms with van der Waals surface area (Å²) in [4.78, 5) is 2.69. The highest BCUT2D eigenvalue weighted by molar-refractivity contribution is 9.11. The van der Waals surface area contributed by atoms with Crippen LogP contribution in [0.3, 0.4) is 0 Å². The molecule has 0 aliphatic heterocycles. The molecule has 0 spiro atoms. The topological polar surface area (TPSA) is 48.8 Å². The molecule has 1 rings (SSSR count). The van der Waals surface area contributed by atoms with Gasteiger partial charge in [0.15, 0.2) is 0 Å². The van der Waals surface area contributed by atoms with Gasteiger partial charge in [0.1, 0.15) is 0 Å². The van der Waals surface area contributed by atoms with Gasteiger partial charge >= 0.3 is 0 Å². The summed E-state index contributed by atoms with van der Waals surface area (Å²) >= 11 is 6.69. The number of halogens is 2. The quantitative estimate of drug-likeness (QED) is 0.449. The second-order valence-corrected chi connectivity index (χ2v) is 3.89. The molecular weight excluding hydrogens is 286 g/mol. The average Bonchev–Trinajstić information content (AvgIpc) is 2.03. The molecule has 0 heterocycles. The summed E-state index contributed by atoms with van der Waals surface area (Å²) in [7, 11) is 0. The molecule has 1 aromatic rings. The molecule has 1 aromatic carbocycles. The largest absolute Gasteiger partial charge is 0.0892 e. The third kappa shape index (κ3) is 2.52. The first-order chi connectivity index (χ1) is 5.74. The molecule has 5 heteroatoms. The van der Waals surface area contributed by atoms with Crippen molar-refractivity contribution >= 4 is 31.9 Å². The van der Waals surface area contributed by atoms with Crippen LogP contribution in [0.2, 0.25) is 0 Å². The summed E-state index contributed by atoms with van der Waals surface area (Å²) < 4.78 is 1.95. The van der Waals surface area contributed by atoms with Crippen molar-refractivity contribution in [2.75, 3.05) is 0 Å². The van der Waals surface area contributed by atoms with Gasteiger partial charge in [-0.2, -0.15) is 0 Å². The van der Waals surface area contributed by atoms with Crippen LogP contribution in [0, 0.1) is 0 Å². The number of nitrogens with zero attached hydrogens (tertiary/aromatic N) is 3. The molecule has 0 saturated carbocycles. The Balaban J connectivity index is 2.93. The number of azide groups is 1. The van der Waals surface area contributed by atoms with Gasteiger partial charge in [-0.1, -0.05) is 43.0 Å². The van der Waals surface area contributed by atoms with Crippen LogP contribution in [-0.4, -0.2) is 0 Å². The van der Waals surface area contributed by atoms with E-state index < -0.39 is 0 Å². The van der Waals surface area contributed by atoms with Gasteiger partial charge in [-0.25, -0.2) is 0 Å². The van der Waals surface area contributed by atoms with E-state index in [0.29, 0.717) is 6.54 Å². The summed E-state index contributed by atoms with van der Waals surface area (Å²) in [6.45, 7) is 0.379. The zero-order valence-corrected chi connectivity index (χ0v) is 9.21. The molecule has 0 atom stereocenters. The lowest BCUT2D eigenvalue weighted by Crippen LogP contribution is -1.81. The van der Waals surface area contributed by atoms with Crippen molar-refractivity contribution in [3.8, 4) is 0 Å². The monoisotopic (exact) mass is 289 g/mol. The highest BCUT2D eigenvalue weighted by atomic mass is 79.9. The molecular formula is C7H5Br2N3. The second kappa shape index (κ2) is 4.50. The first-order valence-corrected chi connectivity index (χ1v) is 4.77. The van der Waals surface area contributed by atoms with Crippen LogP contribution in [0.15, 0.2) is 32.3 Å². The van der Waals surface area contributed by atoms with E-state index in [2.05, 4.69) is 41.9 Å². The van der Waals surface area contributed by atoms with Gasteiger partial charge in [-0.05, 0) is 23.2 Å². The maximum atomic E-state index is 8.11. The van der Waals surface area contributed by atoms with Crippen LogP contribution >= 0.6 is 31.9 Å². The van der Waals surface area contributed by atoms with E-state index in [1.807, 2.05) is 18.2 Å². The van der Waals surface area contributed by atoms with Gasteiger partial charge in [-0.3, -0.25) is 0 Å². The lowest BCUT2D eigenvalue weighted by atomic mass is 10.2. The molecule has 0 bridgehead atoms. The van der Waals surface area contributed by atoms with E-state index in [1.54, 1.807) is 0 Å². The minimum absolute atomic E-state index is 0.379. The van der Waals surface area contributed by atoms with E-state index in [-0.39, 0.29) is 0 Å². The second-order valence-electron chi connectivity index (χ2n) is 2.12. The van der Waals surface area contributed by atoms with Crippen molar-refractivity contribution in [3.05, 3.63) is 43.2 Å². The summed E-state index contributed by atoms with van der Waals surface area (Å²) in [5.41, 5.74) is 9.09. The Morgan fingerprint density at radius 1 is 1.42 bits per heavy atom. The van der Waals surface area contributed by atoms with Crippen LogP contribution in [0.5, 0.6) is 0 Å². The van der Waals surface area contributed by atoms with Gasteiger partial charge in [0.25, 0.3) is 0 Å². The van der Waals surface area contributed by atoms with E-state index in [1.165, 1.54) is 0 Å². The summed E-state index contributed by atoms with van der Waals surface area (Å²) in [5.74, 6) is 0. The molecule has 0 N–H and O–H groups in total. The van der Waals surface area contributed by atoms with Gasteiger partial charge in [-0.15, -0.1) is 0 Å². The Hall–Kier alpha value is -0.510. The van der Waals surface area contributed by atoms with E-state index in [0.717, 1.165) is 14.5 Å². The molecule has 0 aliphatic rings. The number of hydrogen-bond acceptors (Lipinski definition) is 1.